The summed E-state index contributed by atoms with van der Waals surface area (Å²) in [6.45, 7) is 7.82. The summed E-state index contributed by atoms with van der Waals surface area (Å²) >= 11 is 4.13. The van der Waals surface area contributed by atoms with E-state index >= 15 is 0 Å². The average molecular weight is 550 g/mol. The maximum atomic E-state index is 14.0. The topological polar surface area (TPSA) is 88.9 Å². The van der Waals surface area contributed by atoms with Crippen LogP contribution in [0, 0.1) is 18.6 Å². The Hall–Kier alpha value is -3.05. The molecule has 2 aromatic carbocycles. The Balaban J connectivity index is 1.68. The normalized spacial score (nSPS) is 11.7. The van der Waals surface area contributed by atoms with Crippen molar-refractivity contribution < 1.29 is 18.4 Å². The largest absolute Gasteiger partial charge is 0.342 e. The number of aromatic nitrogens is 3. The van der Waals surface area contributed by atoms with Crippen molar-refractivity contribution >= 4 is 45.2 Å². The zero-order chi connectivity index (χ0) is 24.8. The number of allylic oxidation sites excluding steroid dienone is 1. The fourth-order valence-corrected chi connectivity index (χ4v) is 4.31. The fraction of sp³-hybridized carbons (Fsp3) is 0.217. The molecule has 3 aromatic rings. The molecule has 178 valence electrons. The Morgan fingerprint density at radius 2 is 1.94 bits per heavy atom. The molecule has 7 nitrogen and oxygen atoms in total. The number of nitrogens with zero attached hydrogens (tertiary/aromatic N) is 3. The van der Waals surface area contributed by atoms with Gasteiger partial charge in [-0.25, -0.2) is 8.78 Å². The molecule has 2 amide bonds. The first kappa shape index (κ1) is 25.6. The molecule has 0 saturated heterocycles. The number of hydrogen-bond donors (Lipinski definition) is 2. The lowest BCUT2D eigenvalue weighted by Gasteiger charge is -2.15. The molecule has 1 atom stereocenters. The molecule has 0 aliphatic heterocycles. The molecule has 0 fully saturated rings. The molecule has 0 aliphatic rings. The summed E-state index contributed by atoms with van der Waals surface area (Å²) in [6, 6.07) is 8.49. The summed E-state index contributed by atoms with van der Waals surface area (Å²) in [6.07, 6.45) is 1.65. The molecule has 11 heteroatoms. The lowest BCUT2D eigenvalue weighted by atomic mass is 10.1. The second-order valence-corrected chi connectivity index (χ2v) is 9.18. The van der Waals surface area contributed by atoms with Crippen LogP contribution in [0.1, 0.15) is 34.7 Å². The molecule has 0 unspecified atom stereocenters. The van der Waals surface area contributed by atoms with Crippen LogP contribution in [0.4, 0.5) is 14.5 Å². The first-order valence-corrected chi connectivity index (χ1v) is 12.0. The molecule has 34 heavy (non-hydrogen) atoms. The highest BCUT2D eigenvalue weighted by Crippen LogP contribution is 2.27. The van der Waals surface area contributed by atoms with Crippen molar-refractivity contribution in [1.82, 2.24) is 20.1 Å². The quantitative estimate of drug-likeness (QED) is 0.288. The van der Waals surface area contributed by atoms with Gasteiger partial charge in [0.15, 0.2) is 16.8 Å². The minimum absolute atomic E-state index is 0.0946. The predicted octanol–water partition coefficient (Wildman–Crippen LogP) is 5.04. The Labute approximate surface area is 208 Å². The monoisotopic (exact) mass is 549 g/mol. The molecule has 0 saturated carbocycles. The van der Waals surface area contributed by atoms with Crippen LogP contribution in [0.3, 0.4) is 0 Å². The van der Waals surface area contributed by atoms with Gasteiger partial charge in [-0.1, -0.05) is 35.5 Å². The van der Waals surface area contributed by atoms with Gasteiger partial charge in [-0.2, -0.15) is 0 Å². The molecular weight excluding hydrogens is 528 g/mol. The van der Waals surface area contributed by atoms with Crippen molar-refractivity contribution in [3.63, 3.8) is 0 Å². The highest BCUT2D eigenvalue weighted by Gasteiger charge is 2.21. The number of nitrogens with one attached hydrogen (secondary N) is 2. The molecule has 2 N–H and O–H groups in total. The van der Waals surface area contributed by atoms with E-state index in [1.54, 1.807) is 29.7 Å². The summed E-state index contributed by atoms with van der Waals surface area (Å²) in [5.41, 5.74) is 1.43. The number of hydrogen-bond acceptors (Lipinski definition) is 5. The minimum Gasteiger partial charge on any atom is -0.342 e. The maximum Gasteiger partial charge on any atom is 0.251 e. The summed E-state index contributed by atoms with van der Waals surface area (Å²) in [5.74, 6) is -2.00. The van der Waals surface area contributed by atoms with Gasteiger partial charge >= 0.3 is 0 Å². The Bertz CT molecular complexity index is 1190. The first-order chi connectivity index (χ1) is 16.2. The van der Waals surface area contributed by atoms with Gasteiger partial charge in [0.2, 0.25) is 5.91 Å². The summed E-state index contributed by atoms with van der Waals surface area (Å²) in [7, 11) is 0. The highest BCUT2D eigenvalue weighted by molar-refractivity contribution is 9.10. The van der Waals surface area contributed by atoms with E-state index in [4.69, 9.17) is 0 Å². The standard InChI is InChI=1S/C23H22BrF2N5O2S/c1-4-9-31-21(14(3)27-22(33)15-7-5-13(2)6-8-15)29-30-23(31)34-12-19(32)28-20-17(24)10-16(25)11-18(20)26/h4-8,10-11,14H,1,9,12H2,2-3H3,(H,27,33)(H,28,32)/t14-/m1/s1. The lowest BCUT2D eigenvalue weighted by Crippen LogP contribution is -2.28. The molecular formula is C23H22BrF2N5O2S. The smallest absolute Gasteiger partial charge is 0.251 e. The number of rotatable bonds is 9. The van der Waals surface area contributed by atoms with Crippen molar-refractivity contribution in [3.8, 4) is 0 Å². The van der Waals surface area contributed by atoms with Crippen LogP contribution in [0.15, 0.2) is 58.7 Å². The van der Waals surface area contributed by atoms with E-state index in [0.717, 1.165) is 23.4 Å². The van der Waals surface area contributed by atoms with Gasteiger partial charge in [0, 0.05) is 22.6 Å². The number of amides is 2. The van der Waals surface area contributed by atoms with Gasteiger partial charge in [-0.05, 0) is 48.0 Å². The Morgan fingerprint density at radius 3 is 2.59 bits per heavy atom. The van der Waals surface area contributed by atoms with E-state index in [1.165, 1.54) is 0 Å². The summed E-state index contributed by atoms with van der Waals surface area (Å²) in [5, 5.41) is 14.1. The van der Waals surface area contributed by atoms with Crippen molar-refractivity contribution in [2.45, 2.75) is 31.6 Å². The molecule has 3 rings (SSSR count). The van der Waals surface area contributed by atoms with Crippen LogP contribution < -0.4 is 10.6 Å². The second-order valence-electron chi connectivity index (χ2n) is 7.38. The molecule has 0 bridgehead atoms. The average Bonchev–Trinajstić information content (AvgIpc) is 3.18. The number of anilines is 1. The van der Waals surface area contributed by atoms with E-state index in [0.29, 0.717) is 29.2 Å². The summed E-state index contributed by atoms with van der Waals surface area (Å²) < 4.78 is 29.1. The number of carbonyl (C=O) groups is 2. The van der Waals surface area contributed by atoms with Gasteiger partial charge in [-0.3, -0.25) is 9.59 Å². The maximum absolute atomic E-state index is 14.0. The van der Waals surface area contributed by atoms with Crippen LogP contribution >= 0.6 is 27.7 Å². The van der Waals surface area contributed by atoms with Gasteiger partial charge in [0.05, 0.1) is 17.5 Å². The summed E-state index contributed by atoms with van der Waals surface area (Å²) in [4.78, 5) is 24.9. The molecule has 0 radical (unpaired) electrons. The van der Waals surface area contributed by atoms with Gasteiger partial charge in [0.25, 0.3) is 5.91 Å². The van der Waals surface area contributed by atoms with Gasteiger partial charge in [0.1, 0.15) is 5.82 Å². The molecule has 1 heterocycles. The zero-order valence-electron chi connectivity index (χ0n) is 18.4. The van der Waals surface area contributed by atoms with Crippen molar-refractivity contribution in [1.29, 1.82) is 0 Å². The third-order valence-electron chi connectivity index (χ3n) is 4.71. The number of halogens is 3. The molecule has 0 aliphatic carbocycles. The number of aryl methyl sites for hydroxylation is 1. The number of benzene rings is 2. The van der Waals surface area contributed by atoms with Crippen LogP contribution in [0.2, 0.25) is 0 Å². The van der Waals surface area contributed by atoms with Crippen LogP contribution in [-0.2, 0) is 11.3 Å². The van der Waals surface area contributed by atoms with Crippen molar-refractivity contribution in [2.75, 3.05) is 11.1 Å². The van der Waals surface area contributed by atoms with E-state index in [9.17, 15) is 18.4 Å². The fourth-order valence-electron chi connectivity index (χ4n) is 3.04. The molecule has 1 aromatic heterocycles. The van der Waals surface area contributed by atoms with Crippen molar-refractivity contribution in [3.05, 3.63) is 82.1 Å². The van der Waals surface area contributed by atoms with Crippen LogP contribution in [-0.4, -0.2) is 32.3 Å². The second kappa shape index (κ2) is 11.4. The Kier molecular flexibility index (Phi) is 8.56. The minimum atomic E-state index is -0.888. The van der Waals surface area contributed by atoms with E-state index in [-0.39, 0.29) is 21.8 Å². The number of thioether (sulfide) groups is 1. The van der Waals surface area contributed by atoms with Crippen LogP contribution in [0.25, 0.3) is 0 Å². The van der Waals surface area contributed by atoms with Crippen molar-refractivity contribution in [2.24, 2.45) is 0 Å². The van der Waals surface area contributed by atoms with E-state index < -0.39 is 23.6 Å². The Morgan fingerprint density at radius 1 is 1.24 bits per heavy atom. The highest BCUT2D eigenvalue weighted by atomic mass is 79.9. The first-order valence-electron chi connectivity index (χ1n) is 10.2. The lowest BCUT2D eigenvalue weighted by molar-refractivity contribution is -0.113. The van der Waals surface area contributed by atoms with E-state index in [2.05, 4.69) is 43.3 Å². The SMILES string of the molecule is C=CCn1c(SCC(=O)Nc2c(F)cc(F)cc2Br)nnc1[C@@H](C)NC(=O)c1ccc(C)cc1. The van der Waals surface area contributed by atoms with Crippen LogP contribution in [0.5, 0.6) is 0 Å². The predicted molar refractivity (Wildman–Crippen MR) is 131 cm³/mol. The number of carbonyl (C=O) groups excluding carboxylic acids is 2. The zero-order valence-corrected chi connectivity index (χ0v) is 20.8. The van der Waals surface area contributed by atoms with Gasteiger partial charge in [-0.15, -0.1) is 16.8 Å². The van der Waals surface area contributed by atoms with E-state index in [1.807, 2.05) is 19.1 Å². The third kappa shape index (κ3) is 6.29. The molecule has 0 spiro atoms. The third-order valence-corrected chi connectivity index (χ3v) is 6.30. The van der Waals surface area contributed by atoms with Gasteiger partial charge < -0.3 is 15.2 Å².